The number of rotatable bonds is 3. The van der Waals surface area contributed by atoms with Crippen LogP contribution < -0.4 is 21.1 Å². The molecule has 0 aliphatic carbocycles. The van der Waals surface area contributed by atoms with E-state index in [2.05, 4.69) is 26.6 Å². The van der Waals surface area contributed by atoms with E-state index in [9.17, 15) is 9.59 Å². The molecule has 7 heteroatoms. The SMILES string of the molecule is CNC(=O)NC(=O)C(C)Oc1cccc(N)c1Br. The number of imide groups is 1. The molecule has 1 aromatic carbocycles. The molecular formula is C11H14BrN3O3. The van der Waals surface area contributed by atoms with E-state index in [0.717, 1.165) is 0 Å². The minimum atomic E-state index is -0.819. The fourth-order valence-electron chi connectivity index (χ4n) is 1.14. The normalized spacial score (nSPS) is 11.5. The van der Waals surface area contributed by atoms with Gasteiger partial charge in [0.05, 0.1) is 4.47 Å². The standard InChI is InChI=1S/C11H14BrN3O3/c1-6(10(16)15-11(17)14-2)18-8-5-3-4-7(13)9(8)12/h3-6H,13H2,1-2H3,(H2,14,15,16,17). The quantitative estimate of drug-likeness (QED) is 0.732. The molecule has 0 aliphatic heterocycles. The summed E-state index contributed by atoms with van der Waals surface area (Å²) in [5.74, 6) is -0.0989. The Morgan fingerprint density at radius 3 is 2.72 bits per heavy atom. The Morgan fingerprint density at radius 2 is 2.11 bits per heavy atom. The number of ether oxygens (including phenoxy) is 1. The highest BCUT2D eigenvalue weighted by Gasteiger charge is 2.18. The van der Waals surface area contributed by atoms with Gasteiger partial charge in [-0.15, -0.1) is 0 Å². The van der Waals surface area contributed by atoms with Crippen LogP contribution in [0.25, 0.3) is 0 Å². The summed E-state index contributed by atoms with van der Waals surface area (Å²) in [6.45, 7) is 1.54. The van der Waals surface area contributed by atoms with Crippen molar-refractivity contribution in [2.45, 2.75) is 13.0 Å². The first-order chi connectivity index (χ1) is 8.45. The number of carbonyl (C=O) groups excluding carboxylic acids is 2. The van der Waals surface area contributed by atoms with Crippen LogP contribution in [0.5, 0.6) is 5.75 Å². The van der Waals surface area contributed by atoms with E-state index in [1.165, 1.54) is 14.0 Å². The van der Waals surface area contributed by atoms with Crippen LogP contribution in [0.2, 0.25) is 0 Å². The van der Waals surface area contributed by atoms with Crippen LogP contribution in [0.1, 0.15) is 6.92 Å². The fraction of sp³-hybridized carbons (Fsp3) is 0.273. The van der Waals surface area contributed by atoms with Gasteiger partial charge in [0.15, 0.2) is 6.10 Å². The number of urea groups is 1. The van der Waals surface area contributed by atoms with E-state index in [1.54, 1.807) is 18.2 Å². The molecule has 18 heavy (non-hydrogen) atoms. The maximum absolute atomic E-state index is 11.6. The van der Waals surface area contributed by atoms with E-state index >= 15 is 0 Å². The molecule has 0 saturated heterocycles. The molecule has 98 valence electrons. The lowest BCUT2D eigenvalue weighted by atomic mass is 10.3. The molecule has 0 aliphatic rings. The Labute approximate surface area is 113 Å². The maximum Gasteiger partial charge on any atom is 0.321 e. The summed E-state index contributed by atoms with van der Waals surface area (Å²) in [4.78, 5) is 22.5. The molecule has 0 saturated carbocycles. The highest BCUT2D eigenvalue weighted by Crippen LogP contribution is 2.30. The van der Waals surface area contributed by atoms with Gasteiger partial charge in [0.2, 0.25) is 0 Å². The number of hydrogen-bond acceptors (Lipinski definition) is 4. The van der Waals surface area contributed by atoms with E-state index < -0.39 is 18.0 Å². The van der Waals surface area contributed by atoms with Gasteiger partial charge in [-0.1, -0.05) is 6.07 Å². The summed E-state index contributed by atoms with van der Waals surface area (Å²) in [7, 11) is 1.42. The molecule has 1 rings (SSSR count). The van der Waals surface area contributed by atoms with Gasteiger partial charge in [-0.3, -0.25) is 10.1 Å². The Bertz CT molecular complexity index is 465. The van der Waals surface area contributed by atoms with Crippen molar-refractivity contribution in [3.8, 4) is 5.75 Å². The van der Waals surface area contributed by atoms with Gasteiger partial charge in [-0.2, -0.15) is 0 Å². The van der Waals surface area contributed by atoms with Crippen molar-refractivity contribution < 1.29 is 14.3 Å². The molecule has 1 aromatic rings. The topological polar surface area (TPSA) is 93.5 Å². The van der Waals surface area contributed by atoms with Gasteiger partial charge < -0.3 is 15.8 Å². The first-order valence-electron chi connectivity index (χ1n) is 5.19. The van der Waals surface area contributed by atoms with Crippen LogP contribution in [0.3, 0.4) is 0 Å². The van der Waals surface area contributed by atoms with E-state index in [1.807, 2.05) is 0 Å². The average Bonchev–Trinajstić information content (AvgIpc) is 2.34. The summed E-state index contributed by atoms with van der Waals surface area (Å²) in [5, 5.41) is 4.40. The molecule has 0 radical (unpaired) electrons. The molecule has 3 amide bonds. The summed E-state index contributed by atoms with van der Waals surface area (Å²) >= 11 is 3.26. The Balaban J connectivity index is 2.69. The molecular weight excluding hydrogens is 302 g/mol. The summed E-state index contributed by atoms with van der Waals surface area (Å²) in [6.07, 6.45) is -0.819. The molecule has 1 unspecified atom stereocenters. The molecule has 6 nitrogen and oxygen atoms in total. The number of nitrogen functional groups attached to an aromatic ring is 1. The monoisotopic (exact) mass is 315 g/mol. The number of anilines is 1. The Hall–Kier alpha value is -1.76. The van der Waals surface area contributed by atoms with Crippen LogP contribution >= 0.6 is 15.9 Å². The second-order valence-electron chi connectivity index (χ2n) is 3.49. The molecule has 0 bridgehead atoms. The minimum absolute atomic E-state index is 0.439. The number of halogens is 1. The van der Waals surface area contributed by atoms with Crippen LogP contribution in [0.4, 0.5) is 10.5 Å². The van der Waals surface area contributed by atoms with Crippen molar-refractivity contribution in [1.82, 2.24) is 10.6 Å². The first kappa shape index (κ1) is 14.3. The lowest BCUT2D eigenvalue weighted by Gasteiger charge is -2.15. The highest BCUT2D eigenvalue weighted by atomic mass is 79.9. The zero-order valence-corrected chi connectivity index (χ0v) is 11.6. The zero-order chi connectivity index (χ0) is 13.7. The minimum Gasteiger partial charge on any atom is -0.480 e. The maximum atomic E-state index is 11.6. The van der Waals surface area contributed by atoms with Crippen LogP contribution in [0, 0.1) is 0 Å². The second kappa shape index (κ2) is 6.25. The van der Waals surface area contributed by atoms with Crippen molar-refractivity contribution in [3.05, 3.63) is 22.7 Å². The number of nitrogens with two attached hydrogens (primary N) is 1. The number of amides is 3. The van der Waals surface area contributed by atoms with Crippen LogP contribution in [-0.4, -0.2) is 25.1 Å². The molecule has 0 fully saturated rings. The van der Waals surface area contributed by atoms with Gasteiger partial charge in [0, 0.05) is 12.7 Å². The van der Waals surface area contributed by atoms with E-state index in [-0.39, 0.29) is 0 Å². The lowest BCUT2D eigenvalue weighted by Crippen LogP contribution is -2.44. The molecule has 0 spiro atoms. The predicted molar refractivity (Wildman–Crippen MR) is 71.2 cm³/mol. The highest BCUT2D eigenvalue weighted by molar-refractivity contribution is 9.10. The Kier molecular flexibility index (Phi) is 4.96. The van der Waals surface area contributed by atoms with Crippen molar-refractivity contribution in [1.29, 1.82) is 0 Å². The third-order valence-corrected chi connectivity index (χ3v) is 2.98. The molecule has 0 aromatic heterocycles. The smallest absolute Gasteiger partial charge is 0.321 e. The van der Waals surface area contributed by atoms with Crippen molar-refractivity contribution in [3.63, 3.8) is 0 Å². The van der Waals surface area contributed by atoms with Gasteiger partial charge in [0.1, 0.15) is 5.75 Å². The zero-order valence-electron chi connectivity index (χ0n) is 9.99. The van der Waals surface area contributed by atoms with Crippen molar-refractivity contribution >= 4 is 33.6 Å². The fourth-order valence-corrected chi connectivity index (χ4v) is 1.50. The summed E-state index contributed by atoms with van der Waals surface area (Å²) < 4.78 is 5.99. The second-order valence-corrected chi connectivity index (χ2v) is 4.28. The predicted octanol–water partition coefficient (Wildman–Crippen LogP) is 1.25. The molecule has 0 heterocycles. The summed E-state index contributed by atoms with van der Waals surface area (Å²) in [5.41, 5.74) is 6.19. The summed E-state index contributed by atoms with van der Waals surface area (Å²) in [6, 6.07) is 4.50. The van der Waals surface area contributed by atoms with Crippen molar-refractivity contribution in [2.75, 3.05) is 12.8 Å². The Morgan fingerprint density at radius 1 is 1.44 bits per heavy atom. The molecule has 1 atom stereocenters. The third kappa shape index (κ3) is 3.63. The largest absolute Gasteiger partial charge is 0.480 e. The van der Waals surface area contributed by atoms with Crippen LogP contribution in [0.15, 0.2) is 22.7 Å². The van der Waals surface area contributed by atoms with Gasteiger partial charge in [-0.25, -0.2) is 4.79 Å². The first-order valence-corrected chi connectivity index (χ1v) is 5.98. The van der Waals surface area contributed by atoms with Crippen LogP contribution in [-0.2, 0) is 4.79 Å². The molecule has 4 N–H and O–H groups in total. The van der Waals surface area contributed by atoms with Gasteiger partial charge in [0.25, 0.3) is 5.91 Å². The third-order valence-electron chi connectivity index (χ3n) is 2.13. The number of carbonyl (C=O) groups is 2. The van der Waals surface area contributed by atoms with Gasteiger partial charge in [-0.05, 0) is 35.0 Å². The lowest BCUT2D eigenvalue weighted by molar-refractivity contribution is -0.126. The number of benzene rings is 1. The number of nitrogens with one attached hydrogen (secondary N) is 2. The van der Waals surface area contributed by atoms with E-state index in [0.29, 0.717) is 15.9 Å². The van der Waals surface area contributed by atoms with Gasteiger partial charge >= 0.3 is 6.03 Å². The van der Waals surface area contributed by atoms with Crippen molar-refractivity contribution in [2.24, 2.45) is 0 Å². The number of hydrogen-bond donors (Lipinski definition) is 3. The average molecular weight is 316 g/mol. The van der Waals surface area contributed by atoms with E-state index in [4.69, 9.17) is 10.5 Å².